The monoisotopic (exact) mass is 279 g/mol. The van der Waals surface area contributed by atoms with Crippen LogP contribution in [0.4, 0.5) is 4.79 Å². The number of amides is 3. The van der Waals surface area contributed by atoms with Gasteiger partial charge in [-0.05, 0) is 19.3 Å². The second kappa shape index (κ2) is 5.90. The van der Waals surface area contributed by atoms with E-state index in [2.05, 4.69) is 10.1 Å². The number of carbonyl (C=O) groups is 3. The summed E-state index contributed by atoms with van der Waals surface area (Å²) in [6.45, 7) is -0.0703. The highest BCUT2D eigenvalue weighted by Crippen LogP contribution is 2.35. The van der Waals surface area contributed by atoms with Crippen LogP contribution in [-0.2, 0) is 14.3 Å². The fraction of sp³-hybridized carbons (Fsp3) is 0.692. The molecule has 1 aliphatic heterocycles. The van der Waals surface area contributed by atoms with Crippen LogP contribution in [0.3, 0.4) is 0 Å². The van der Waals surface area contributed by atoms with E-state index in [-0.39, 0.29) is 31.5 Å². The zero-order chi connectivity index (χ0) is 14.6. The average Bonchev–Trinajstić information content (AvgIpc) is 2.97. The zero-order valence-electron chi connectivity index (χ0n) is 11.2. The highest BCUT2D eigenvalue weighted by molar-refractivity contribution is 6.07. The molecule has 0 aromatic heterocycles. The molecule has 7 nitrogen and oxygen atoms in total. The summed E-state index contributed by atoms with van der Waals surface area (Å²) >= 11 is 0. The van der Waals surface area contributed by atoms with E-state index in [9.17, 15) is 14.4 Å². The summed E-state index contributed by atoms with van der Waals surface area (Å²) in [5, 5.41) is 11.0. The Morgan fingerprint density at radius 1 is 1.40 bits per heavy atom. The van der Waals surface area contributed by atoms with Gasteiger partial charge >= 0.3 is 12.0 Å². The average molecular weight is 279 g/mol. The summed E-state index contributed by atoms with van der Waals surface area (Å²) in [5.74, 6) is -0.667. The molecular formula is C13H17N3O4. The molecule has 1 saturated heterocycles. The van der Waals surface area contributed by atoms with Gasteiger partial charge in [-0.15, -0.1) is 0 Å². The Bertz CT molecular complexity index is 463. The van der Waals surface area contributed by atoms with Gasteiger partial charge in [-0.3, -0.25) is 14.5 Å². The van der Waals surface area contributed by atoms with Gasteiger partial charge in [-0.25, -0.2) is 4.79 Å². The number of hydrogen-bond acceptors (Lipinski definition) is 5. The summed E-state index contributed by atoms with van der Waals surface area (Å²) in [6, 6.07) is 1.33. The normalized spacial score (nSPS) is 20.1. The van der Waals surface area contributed by atoms with E-state index < -0.39 is 11.5 Å². The maximum Gasteiger partial charge on any atom is 0.325 e. The van der Waals surface area contributed by atoms with Crippen LogP contribution in [0.25, 0.3) is 0 Å². The van der Waals surface area contributed by atoms with Gasteiger partial charge in [0, 0.05) is 13.0 Å². The van der Waals surface area contributed by atoms with E-state index in [0.717, 1.165) is 12.8 Å². The predicted octanol–water partition coefficient (Wildman–Crippen LogP) is 0.698. The number of esters is 1. The van der Waals surface area contributed by atoms with Crippen LogP contribution in [0.2, 0.25) is 0 Å². The Kier molecular flexibility index (Phi) is 4.23. The van der Waals surface area contributed by atoms with E-state index >= 15 is 0 Å². The van der Waals surface area contributed by atoms with Crippen molar-refractivity contribution in [1.82, 2.24) is 10.2 Å². The molecule has 2 aliphatic rings. The summed E-state index contributed by atoms with van der Waals surface area (Å²) in [6.07, 6.45) is 3.71. The van der Waals surface area contributed by atoms with Crippen molar-refractivity contribution in [2.75, 3.05) is 13.2 Å². The lowest BCUT2D eigenvalue weighted by Gasteiger charge is -2.19. The second-order valence-corrected chi connectivity index (χ2v) is 5.10. The Balaban J connectivity index is 1.82. The van der Waals surface area contributed by atoms with Crippen molar-refractivity contribution < 1.29 is 19.1 Å². The number of nitrogens with zero attached hydrogens (tertiary/aromatic N) is 2. The Labute approximate surface area is 116 Å². The van der Waals surface area contributed by atoms with Gasteiger partial charge in [0.05, 0.1) is 0 Å². The topological polar surface area (TPSA) is 99.5 Å². The molecule has 3 amide bonds. The van der Waals surface area contributed by atoms with Crippen molar-refractivity contribution >= 4 is 17.9 Å². The Hall–Kier alpha value is -2.10. The SMILES string of the molecule is N#CCOC(=O)CCCN1C(=O)NC2(CCCC2)C1=O. The minimum atomic E-state index is -0.696. The van der Waals surface area contributed by atoms with Crippen LogP contribution in [0.5, 0.6) is 0 Å². The van der Waals surface area contributed by atoms with Crippen LogP contribution in [0, 0.1) is 11.3 Å². The summed E-state index contributed by atoms with van der Waals surface area (Å²) in [5.41, 5.74) is -0.696. The smallest absolute Gasteiger partial charge is 0.325 e. The number of ether oxygens (including phenoxy) is 1. The van der Waals surface area contributed by atoms with Crippen molar-refractivity contribution in [1.29, 1.82) is 5.26 Å². The van der Waals surface area contributed by atoms with E-state index in [0.29, 0.717) is 19.3 Å². The minimum absolute atomic E-state index is 0.0890. The van der Waals surface area contributed by atoms with Gasteiger partial charge in [0.15, 0.2) is 6.61 Å². The van der Waals surface area contributed by atoms with Crippen LogP contribution >= 0.6 is 0 Å². The first-order valence-corrected chi connectivity index (χ1v) is 6.76. The molecule has 0 aromatic carbocycles. The van der Waals surface area contributed by atoms with Crippen molar-refractivity contribution in [3.63, 3.8) is 0 Å². The molecule has 1 spiro atoms. The minimum Gasteiger partial charge on any atom is -0.450 e. The van der Waals surface area contributed by atoms with Crippen LogP contribution < -0.4 is 5.32 Å². The van der Waals surface area contributed by atoms with Crippen molar-refractivity contribution in [3.05, 3.63) is 0 Å². The maximum atomic E-state index is 12.3. The molecule has 1 aliphatic carbocycles. The number of hydrogen-bond donors (Lipinski definition) is 1. The van der Waals surface area contributed by atoms with E-state index in [4.69, 9.17) is 5.26 Å². The standard InChI is InChI=1S/C13H17N3O4/c14-7-9-20-10(17)4-3-8-16-11(18)13(15-12(16)19)5-1-2-6-13/h1-6,8-9H2,(H,15,19). The van der Waals surface area contributed by atoms with Gasteiger partial charge in [-0.1, -0.05) is 12.8 Å². The number of urea groups is 1. The number of nitriles is 1. The van der Waals surface area contributed by atoms with E-state index in [1.54, 1.807) is 6.07 Å². The largest absolute Gasteiger partial charge is 0.450 e. The molecule has 1 saturated carbocycles. The number of carbonyl (C=O) groups excluding carboxylic acids is 3. The Morgan fingerprint density at radius 3 is 2.75 bits per heavy atom. The fourth-order valence-electron chi connectivity index (χ4n) is 2.76. The molecule has 108 valence electrons. The maximum absolute atomic E-state index is 12.3. The van der Waals surface area contributed by atoms with Crippen LogP contribution in [0.1, 0.15) is 38.5 Å². The molecular weight excluding hydrogens is 262 g/mol. The molecule has 2 fully saturated rings. The van der Waals surface area contributed by atoms with Crippen molar-refractivity contribution in [2.24, 2.45) is 0 Å². The number of nitrogens with one attached hydrogen (secondary N) is 1. The molecule has 0 bridgehead atoms. The first kappa shape index (κ1) is 14.3. The lowest BCUT2D eigenvalue weighted by molar-refractivity contribution is -0.142. The summed E-state index contributed by atoms with van der Waals surface area (Å²) < 4.78 is 4.60. The van der Waals surface area contributed by atoms with Crippen LogP contribution in [0.15, 0.2) is 0 Å². The predicted molar refractivity (Wildman–Crippen MR) is 67.2 cm³/mol. The third-order valence-corrected chi connectivity index (χ3v) is 3.76. The van der Waals surface area contributed by atoms with E-state index in [1.165, 1.54) is 4.90 Å². The third-order valence-electron chi connectivity index (χ3n) is 3.76. The summed E-state index contributed by atoms with van der Waals surface area (Å²) in [7, 11) is 0. The first-order valence-electron chi connectivity index (χ1n) is 6.76. The lowest BCUT2D eigenvalue weighted by atomic mass is 9.98. The van der Waals surface area contributed by atoms with Gasteiger partial charge in [0.2, 0.25) is 0 Å². The van der Waals surface area contributed by atoms with Gasteiger partial charge in [0.25, 0.3) is 5.91 Å². The van der Waals surface area contributed by atoms with Gasteiger partial charge in [-0.2, -0.15) is 5.26 Å². The summed E-state index contributed by atoms with van der Waals surface area (Å²) in [4.78, 5) is 36.5. The molecule has 0 unspecified atom stereocenters. The highest BCUT2D eigenvalue weighted by atomic mass is 16.5. The van der Waals surface area contributed by atoms with Gasteiger partial charge < -0.3 is 10.1 Å². The fourth-order valence-corrected chi connectivity index (χ4v) is 2.76. The highest BCUT2D eigenvalue weighted by Gasteiger charge is 2.51. The van der Waals surface area contributed by atoms with Crippen molar-refractivity contribution in [2.45, 2.75) is 44.1 Å². The molecule has 7 heteroatoms. The lowest BCUT2D eigenvalue weighted by Crippen LogP contribution is -2.44. The number of rotatable bonds is 5. The second-order valence-electron chi connectivity index (χ2n) is 5.10. The van der Waals surface area contributed by atoms with E-state index in [1.807, 2.05) is 0 Å². The van der Waals surface area contributed by atoms with Gasteiger partial charge in [0.1, 0.15) is 11.6 Å². The zero-order valence-corrected chi connectivity index (χ0v) is 11.2. The molecule has 0 atom stereocenters. The molecule has 0 radical (unpaired) electrons. The van der Waals surface area contributed by atoms with Crippen molar-refractivity contribution in [3.8, 4) is 6.07 Å². The molecule has 20 heavy (non-hydrogen) atoms. The van der Waals surface area contributed by atoms with Crippen LogP contribution in [-0.4, -0.2) is 41.5 Å². The third kappa shape index (κ3) is 2.74. The molecule has 1 heterocycles. The quantitative estimate of drug-likeness (QED) is 0.589. The Morgan fingerprint density at radius 2 is 2.10 bits per heavy atom. The molecule has 0 aromatic rings. The first-order chi connectivity index (χ1) is 9.59. The molecule has 2 rings (SSSR count). The molecule has 1 N–H and O–H groups in total. The number of imide groups is 1.